The summed E-state index contributed by atoms with van der Waals surface area (Å²) in [7, 11) is 4.04. The lowest BCUT2D eigenvalue weighted by molar-refractivity contribution is -0.121. The Hall–Kier alpha value is -2.21. The molecule has 1 N–H and O–H groups in total. The molecule has 0 aliphatic carbocycles. The fourth-order valence-corrected chi connectivity index (χ4v) is 2.37. The number of rotatable bonds is 8. The molecule has 2 aromatic rings. The summed E-state index contributed by atoms with van der Waals surface area (Å²) in [6.45, 7) is 3.37. The smallest absolute Gasteiger partial charge is 0.224 e. The van der Waals surface area contributed by atoms with Gasteiger partial charge < -0.3 is 14.6 Å². The first-order valence-corrected chi connectivity index (χ1v) is 7.82. The normalized spacial score (nSPS) is 12.3. The fourth-order valence-electron chi connectivity index (χ4n) is 2.37. The van der Waals surface area contributed by atoms with Gasteiger partial charge in [-0.1, -0.05) is 30.3 Å². The number of hydrogen-bond donors (Lipinski definition) is 1. The van der Waals surface area contributed by atoms with Gasteiger partial charge in [0, 0.05) is 19.9 Å². The molecule has 1 amide bonds. The number of hydrogen-bond acceptors (Lipinski definition) is 5. The number of amides is 1. The van der Waals surface area contributed by atoms with Gasteiger partial charge in [0.05, 0.1) is 5.92 Å². The van der Waals surface area contributed by atoms with Crippen LogP contribution in [0.5, 0.6) is 0 Å². The van der Waals surface area contributed by atoms with E-state index in [0.29, 0.717) is 24.7 Å². The Bertz CT molecular complexity index is 610. The van der Waals surface area contributed by atoms with Crippen LogP contribution in [0.3, 0.4) is 0 Å². The Morgan fingerprint density at radius 3 is 2.61 bits per heavy atom. The van der Waals surface area contributed by atoms with Gasteiger partial charge in [0.1, 0.15) is 0 Å². The molecule has 0 saturated heterocycles. The molecule has 1 atom stereocenters. The van der Waals surface area contributed by atoms with Crippen molar-refractivity contribution < 1.29 is 9.21 Å². The second kappa shape index (κ2) is 8.43. The molecule has 0 aliphatic heterocycles. The zero-order chi connectivity index (χ0) is 16.7. The summed E-state index contributed by atoms with van der Waals surface area (Å²) in [5, 5.41) is 10.9. The van der Waals surface area contributed by atoms with Crippen LogP contribution in [-0.4, -0.2) is 48.2 Å². The lowest BCUT2D eigenvalue weighted by Gasteiger charge is -2.14. The van der Waals surface area contributed by atoms with Crippen molar-refractivity contribution in [2.75, 3.05) is 27.2 Å². The molecular weight excluding hydrogens is 292 g/mol. The highest BCUT2D eigenvalue weighted by atomic mass is 16.4. The molecule has 6 nitrogen and oxygen atoms in total. The zero-order valence-electron chi connectivity index (χ0n) is 14.0. The van der Waals surface area contributed by atoms with Crippen molar-refractivity contribution in [2.45, 2.75) is 25.7 Å². The van der Waals surface area contributed by atoms with Gasteiger partial charge in [0.15, 0.2) is 0 Å². The average molecular weight is 316 g/mol. The summed E-state index contributed by atoms with van der Waals surface area (Å²) >= 11 is 0. The minimum Gasteiger partial charge on any atom is -0.425 e. The van der Waals surface area contributed by atoms with Crippen molar-refractivity contribution in [3.63, 3.8) is 0 Å². The molecule has 1 heterocycles. The maximum atomic E-state index is 12.2. The van der Waals surface area contributed by atoms with Crippen molar-refractivity contribution in [1.29, 1.82) is 0 Å². The highest BCUT2D eigenvalue weighted by Crippen LogP contribution is 2.26. The molecule has 1 aromatic carbocycles. The Morgan fingerprint density at radius 1 is 1.26 bits per heavy atom. The standard InChI is InChI=1S/C17H24N4O2/c1-13-19-20-17(23-13)15(14-8-5-4-6-9-14)12-16(22)18-10-7-11-21(2)3/h4-6,8-9,15H,7,10-12H2,1-3H3,(H,18,22). The SMILES string of the molecule is Cc1nnc(C(CC(=O)NCCCN(C)C)c2ccccc2)o1. The number of nitrogens with zero attached hydrogens (tertiary/aromatic N) is 3. The van der Waals surface area contributed by atoms with E-state index in [9.17, 15) is 4.79 Å². The van der Waals surface area contributed by atoms with E-state index < -0.39 is 0 Å². The summed E-state index contributed by atoms with van der Waals surface area (Å²) in [5.74, 6) is 0.768. The van der Waals surface area contributed by atoms with E-state index in [1.807, 2.05) is 44.4 Å². The van der Waals surface area contributed by atoms with Crippen LogP contribution in [0.1, 0.15) is 36.1 Å². The van der Waals surface area contributed by atoms with Gasteiger partial charge in [0.2, 0.25) is 17.7 Å². The molecule has 0 aliphatic rings. The Morgan fingerprint density at radius 2 is 2.00 bits per heavy atom. The first-order valence-electron chi connectivity index (χ1n) is 7.82. The molecule has 1 unspecified atom stereocenters. The van der Waals surface area contributed by atoms with Gasteiger partial charge in [-0.15, -0.1) is 10.2 Å². The van der Waals surface area contributed by atoms with E-state index >= 15 is 0 Å². The minimum absolute atomic E-state index is 0.00605. The van der Waals surface area contributed by atoms with Crippen molar-refractivity contribution in [3.8, 4) is 0 Å². The molecule has 0 saturated carbocycles. The van der Waals surface area contributed by atoms with Gasteiger partial charge in [-0.3, -0.25) is 4.79 Å². The van der Waals surface area contributed by atoms with Crippen molar-refractivity contribution in [1.82, 2.24) is 20.4 Å². The van der Waals surface area contributed by atoms with Crippen molar-refractivity contribution >= 4 is 5.91 Å². The van der Waals surface area contributed by atoms with Gasteiger partial charge in [-0.25, -0.2) is 0 Å². The Labute approximate surface area is 136 Å². The van der Waals surface area contributed by atoms with Crippen LogP contribution in [0.25, 0.3) is 0 Å². The van der Waals surface area contributed by atoms with E-state index in [2.05, 4.69) is 20.4 Å². The van der Waals surface area contributed by atoms with Crippen LogP contribution >= 0.6 is 0 Å². The van der Waals surface area contributed by atoms with Gasteiger partial charge in [-0.2, -0.15) is 0 Å². The van der Waals surface area contributed by atoms with Crippen LogP contribution in [0.15, 0.2) is 34.7 Å². The molecule has 23 heavy (non-hydrogen) atoms. The average Bonchev–Trinajstić information content (AvgIpc) is 2.96. The number of carbonyl (C=O) groups excluding carboxylic acids is 1. The van der Waals surface area contributed by atoms with E-state index in [-0.39, 0.29) is 11.8 Å². The summed E-state index contributed by atoms with van der Waals surface area (Å²) in [6.07, 6.45) is 1.22. The molecule has 1 aromatic heterocycles. The maximum absolute atomic E-state index is 12.2. The van der Waals surface area contributed by atoms with Crippen LogP contribution in [0.4, 0.5) is 0 Å². The molecular formula is C17H24N4O2. The number of nitrogens with one attached hydrogen (secondary N) is 1. The topological polar surface area (TPSA) is 71.3 Å². The Kier molecular flexibility index (Phi) is 6.29. The molecule has 6 heteroatoms. The predicted octanol–water partition coefficient (Wildman–Crippen LogP) is 1.97. The maximum Gasteiger partial charge on any atom is 0.224 e. The molecule has 2 rings (SSSR count). The number of aromatic nitrogens is 2. The number of benzene rings is 1. The predicted molar refractivity (Wildman–Crippen MR) is 88.1 cm³/mol. The summed E-state index contributed by atoms with van der Waals surface area (Å²) < 4.78 is 5.55. The number of aryl methyl sites for hydroxylation is 1. The van der Waals surface area contributed by atoms with Crippen LogP contribution < -0.4 is 5.32 Å². The van der Waals surface area contributed by atoms with E-state index in [1.54, 1.807) is 6.92 Å². The third-order valence-electron chi connectivity index (χ3n) is 3.54. The van der Waals surface area contributed by atoms with Gasteiger partial charge >= 0.3 is 0 Å². The minimum atomic E-state index is -0.216. The lowest BCUT2D eigenvalue weighted by atomic mass is 9.95. The fraction of sp³-hybridized carbons (Fsp3) is 0.471. The second-order valence-corrected chi connectivity index (χ2v) is 5.83. The largest absolute Gasteiger partial charge is 0.425 e. The van der Waals surface area contributed by atoms with E-state index in [0.717, 1.165) is 18.5 Å². The molecule has 0 bridgehead atoms. The molecule has 0 spiro atoms. The molecule has 0 fully saturated rings. The zero-order valence-corrected chi connectivity index (χ0v) is 14.0. The van der Waals surface area contributed by atoms with E-state index in [1.165, 1.54) is 0 Å². The third-order valence-corrected chi connectivity index (χ3v) is 3.54. The monoisotopic (exact) mass is 316 g/mol. The molecule has 124 valence electrons. The van der Waals surface area contributed by atoms with Crippen molar-refractivity contribution in [2.24, 2.45) is 0 Å². The van der Waals surface area contributed by atoms with Gasteiger partial charge in [0.25, 0.3) is 0 Å². The quantitative estimate of drug-likeness (QED) is 0.754. The summed E-state index contributed by atoms with van der Waals surface area (Å²) in [4.78, 5) is 14.3. The van der Waals surface area contributed by atoms with Crippen LogP contribution in [0, 0.1) is 6.92 Å². The lowest BCUT2D eigenvalue weighted by Crippen LogP contribution is -2.28. The van der Waals surface area contributed by atoms with Crippen LogP contribution in [0.2, 0.25) is 0 Å². The first-order chi connectivity index (χ1) is 11.1. The third kappa shape index (κ3) is 5.49. The van der Waals surface area contributed by atoms with Crippen molar-refractivity contribution in [3.05, 3.63) is 47.7 Å². The highest BCUT2D eigenvalue weighted by molar-refractivity contribution is 5.77. The van der Waals surface area contributed by atoms with Crippen LogP contribution in [-0.2, 0) is 4.79 Å². The highest BCUT2D eigenvalue weighted by Gasteiger charge is 2.23. The first kappa shape index (κ1) is 17.1. The second-order valence-electron chi connectivity index (χ2n) is 5.83. The number of carbonyl (C=O) groups is 1. The Balaban J connectivity index is 1.99. The molecule has 0 radical (unpaired) electrons. The van der Waals surface area contributed by atoms with E-state index in [4.69, 9.17) is 4.42 Å². The summed E-state index contributed by atoms with van der Waals surface area (Å²) in [6, 6.07) is 9.79. The van der Waals surface area contributed by atoms with Gasteiger partial charge in [-0.05, 0) is 32.6 Å². The summed E-state index contributed by atoms with van der Waals surface area (Å²) in [5.41, 5.74) is 1.000.